The van der Waals surface area contributed by atoms with Crippen LogP contribution in [0.4, 0.5) is 10.2 Å². The number of nitrogens with zero attached hydrogens (tertiary/aromatic N) is 6. The number of hydrogen-bond donors (Lipinski definition) is 1. The molecule has 1 spiro atoms. The van der Waals surface area contributed by atoms with Crippen molar-refractivity contribution in [1.29, 1.82) is 0 Å². The first-order valence-electron chi connectivity index (χ1n) is 15.1. The number of fused-ring (bicyclic) bond motifs is 1. The van der Waals surface area contributed by atoms with E-state index in [9.17, 15) is 14.3 Å². The summed E-state index contributed by atoms with van der Waals surface area (Å²) in [5.41, 5.74) is 2.54. The highest BCUT2D eigenvalue weighted by Gasteiger charge is 2.54. The monoisotopic (exact) mass is 590 g/mol. The second-order valence-corrected chi connectivity index (χ2v) is 12.1. The average molecular weight is 591 g/mol. The smallest absolute Gasteiger partial charge is 0.257 e. The van der Waals surface area contributed by atoms with Crippen LogP contribution < -0.4 is 14.4 Å². The van der Waals surface area contributed by atoms with Crippen LogP contribution in [-0.4, -0.2) is 87.2 Å². The van der Waals surface area contributed by atoms with Crippen LogP contribution in [0.5, 0.6) is 17.2 Å². The molecule has 1 amide bonds. The fourth-order valence-corrected chi connectivity index (χ4v) is 6.64. The number of aliphatic hydroxyl groups excluding tert-OH is 1. The van der Waals surface area contributed by atoms with Gasteiger partial charge in [0.2, 0.25) is 0 Å². The van der Waals surface area contributed by atoms with Gasteiger partial charge < -0.3 is 24.4 Å². The number of anilines is 1. The van der Waals surface area contributed by atoms with E-state index in [0.29, 0.717) is 24.7 Å². The van der Waals surface area contributed by atoms with Crippen LogP contribution in [-0.2, 0) is 13.0 Å². The molecule has 2 aliphatic heterocycles. The molecule has 2 aromatic heterocycles. The Labute approximate surface area is 251 Å². The van der Waals surface area contributed by atoms with Crippen molar-refractivity contribution in [2.45, 2.75) is 58.7 Å². The van der Waals surface area contributed by atoms with E-state index >= 15 is 0 Å². The van der Waals surface area contributed by atoms with Gasteiger partial charge in [-0.05, 0) is 57.9 Å². The van der Waals surface area contributed by atoms with Crippen LogP contribution in [0.1, 0.15) is 55.2 Å². The molecule has 4 heterocycles. The number of pyridine rings is 1. The van der Waals surface area contributed by atoms with Crippen molar-refractivity contribution in [2.75, 3.05) is 44.2 Å². The Kier molecular flexibility index (Phi) is 8.19. The largest absolute Gasteiger partial charge is 0.490 e. The molecule has 1 saturated heterocycles. The van der Waals surface area contributed by atoms with E-state index in [1.54, 1.807) is 11.1 Å². The summed E-state index contributed by atoms with van der Waals surface area (Å²) in [6, 6.07) is 5.92. The minimum atomic E-state index is -0.499. The van der Waals surface area contributed by atoms with Crippen LogP contribution in [0.2, 0.25) is 0 Å². The standard InChI is InChI=1S/C32H39FN6O4/c1-4-39(21(2)3)31(41)24-13-22(33)5-6-27(24)43-29-16-34-20-36-30(29)38-18-32(19-38)14-23(15-32)42-28-7-9-35-26-8-10-37(11-12-40)17-25(26)28/h5-7,9,13,16,20-21,23,40H,4,8,10-12,14-15,17-19H2,1-3H3. The topological polar surface area (TPSA) is 104 Å². The van der Waals surface area contributed by atoms with E-state index in [1.165, 1.54) is 24.5 Å². The zero-order valence-corrected chi connectivity index (χ0v) is 25.0. The summed E-state index contributed by atoms with van der Waals surface area (Å²) >= 11 is 0. The fourth-order valence-electron chi connectivity index (χ4n) is 6.64. The summed E-state index contributed by atoms with van der Waals surface area (Å²) in [5.74, 6) is 1.46. The molecule has 11 heteroatoms. The number of rotatable bonds is 10. The molecule has 0 bridgehead atoms. The van der Waals surface area contributed by atoms with Crippen LogP contribution >= 0.6 is 0 Å². The van der Waals surface area contributed by atoms with Crippen molar-refractivity contribution in [2.24, 2.45) is 5.41 Å². The van der Waals surface area contributed by atoms with Gasteiger partial charge in [0.25, 0.3) is 5.91 Å². The maximum atomic E-state index is 14.2. The highest BCUT2D eigenvalue weighted by molar-refractivity contribution is 5.97. The van der Waals surface area contributed by atoms with E-state index < -0.39 is 5.82 Å². The number of aromatic nitrogens is 3. The van der Waals surface area contributed by atoms with Crippen molar-refractivity contribution in [3.8, 4) is 17.2 Å². The van der Waals surface area contributed by atoms with Gasteiger partial charge in [0.1, 0.15) is 29.7 Å². The number of carbonyl (C=O) groups excluding carboxylic acids is 1. The number of benzene rings is 1. The lowest BCUT2D eigenvalue weighted by atomic mass is 9.61. The summed E-state index contributed by atoms with van der Waals surface area (Å²) in [5, 5.41) is 9.37. The highest BCUT2D eigenvalue weighted by Crippen LogP contribution is 2.52. The van der Waals surface area contributed by atoms with Crippen LogP contribution in [0, 0.1) is 11.2 Å². The predicted octanol–water partition coefficient (Wildman–Crippen LogP) is 4.07. The maximum absolute atomic E-state index is 14.2. The lowest BCUT2D eigenvalue weighted by Gasteiger charge is -2.59. The first-order chi connectivity index (χ1) is 20.8. The Morgan fingerprint density at radius 1 is 1.19 bits per heavy atom. The molecule has 0 atom stereocenters. The van der Waals surface area contributed by atoms with Gasteiger partial charge >= 0.3 is 0 Å². The lowest BCUT2D eigenvalue weighted by molar-refractivity contribution is -0.0353. The molecule has 1 aromatic carbocycles. The number of ether oxygens (including phenoxy) is 2. The Morgan fingerprint density at radius 2 is 2.00 bits per heavy atom. The Morgan fingerprint density at radius 3 is 2.74 bits per heavy atom. The summed E-state index contributed by atoms with van der Waals surface area (Å²) in [6.45, 7) is 10.3. The van der Waals surface area contributed by atoms with Crippen molar-refractivity contribution in [3.05, 3.63) is 65.6 Å². The molecule has 3 aliphatic rings. The number of aliphatic hydroxyl groups is 1. The molecule has 43 heavy (non-hydrogen) atoms. The number of halogens is 1. The first kappa shape index (κ1) is 29.3. The third-order valence-corrected chi connectivity index (χ3v) is 8.81. The van der Waals surface area contributed by atoms with E-state index in [4.69, 9.17) is 9.47 Å². The van der Waals surface area contributed by atoms with Crippen molar-refractivity contribution >= 4 is 11.7 Å². The number of hydrogen-bond acceptors (Lipinski definition) is 9. The van der Waals surface area contributed by atoms with E-state index in [1.807, 2.05) is 33.0 Å². The van der Waals surface area contributed by atoms with Crippen molar-refractivity contribution in [1.82, 2.24) is 24.8 Å². The molecular formula is C32H39FN6O4. The molecule has 228 valence electrons. The molecule has 1 N–H and O–H groups in total. The number of carbonyl (C=O) groups is 1. The summed E-state index contributed by atoms with van der Waals surface area (Å²) in [4.78, 5) is 32.6. The molecule has 0 radical (unpaired) electrons. The van der Waals surface area contributed by atoms with Gasteiger partial charge in [0.15, 0.2) is 11.6 Å². The quantitative estimate of drug-likeness (QED) is 0.374. The van der Waals surface area contributed by atoms with Crippen LogP contribution in [0.25, 0.3) is 0 Å². The van der Waals surface area contributed by atoms with Gasteiger partial charge in [-0.25, -0.2) is 14.4 Å². The zero-order chi connectivity index (χ0) is 30.1. The van der Waals surface area contributed by atoms with Crippen molar-refractivity contribution in [3.63, 3.8) is 0 Å². The molecule has 3 aromatic rings. The Hall–Kier alpha value is -3.83. The van der Waals surface area contributed by atoms with Crippen LogP contribution in [0.3, 0.4) is 0 Å². The predicted molar refractivity (Wildman–Crippen MR) is 159 cm³/mol. The fraction of sp³-hybridized carbons (Fsp3) is 0.500. The molecule has 0 unspecified atom stereocenters. The molecule has 10 nitrogen and oxygen atoms in total. The molecule has 1 saturated carbocycles. The SMILES string of the molecule is CCN(C(=O)c1cc(F)ccc1Oc1cncnc1N1CC2(CC(Oc3ccnc4c3CN(CCO)CC4)C2)C1)C(C)C. The van der Waals surface area contributed by atoms with Gasteiger partial charge in [-0.2, -0.15) is 0 Å². The minimum absolute atomic E-state index is 0.0401. The summed E-state index contributed by atoms with van der Waals surface area (Å²) in [7, 11) is 0. The van der Waals surface area contributed by atoms with Gasteiger partial charge in [0.05, 0.1) is 18.4 Å². The maximum Gasteiger partial charge on any atom is 0.257 e. The average Bonchev–Trinajstić information content (AvgIpc) is 2.95. The van der Waals surface area contributed by atoms with Gasteiger partial charge in [-0.15, -0.1) is 0 Å². The molecule has 1 aliphatic carbocycles. The molecule has 6 rings (SSSR count). The van der Waals surface area contributed by atoms with E-state index in [0.717, 1.165) is 62.4 Å². The van der Waals surface area contributed by atoms with Crippen molar-refractivity contribution < 1.29 is 23.8 Å². The third-order valence-electron chi connectivity index (χ3n) is 8.81. The molecular weight excluding hydrogens is 551 g/mol. The van der Waals surface area contributed by atoms with Gasteiger partial charge in [0, 0.05) is 74.6 Å². The molecule has 2 fully saturated rings. The lowest BCUT2D eigenvalue weighted by Crippen LogP contribution is -2.65. The normalized spacial score (nSPS) is 17.8. The Balaban J connectivity index is 1.11. The number of β-amino-alcohol motifs (C(OH)–C–C–N with tert-alkyl or cyclic N) is 1. The Bertz CT molecular complexity index is 1470. The highest BCUT2D eigenvalue weighted by atomic mass is 19.1. The van der Waals surface area contributed by atoms with E-state index in [-0.39, 0.29) is 41.4 Å². The first-order valence-corrected chi connectivity index (χ1v) is 15.1. The second kappa shape index (κ2) is 12.0. The summed E-state index contributed by atoms with van der Waals surface area (Å²) < 4.78 is 26.9. The summed E-state index contributed by atoms with van der Waals surface area (Å²) in [6.07, 6.45) is 7.79. The third kappa shape index (κ3) is 5.88. The minimum Gasteiger partial charge on any atom is -0.490 e. The van der Waals surface area contributed by atoms with Crippen LogP contribution in [0.15, 0.2) is 43.0 Å². The van der Waals surface area contributed by atoms with E-state index in [2.05, 4.69) is 24.8 Å². The zero-order valence-electron chi connectivity index (χ0n) is 25.0. The second-order valence-electron chi connectivity index (χ2n) is 12.1. The number of amides is 1. The van der Waals surface area contributed by atoms with Gasteiger partial charge in [-0.1, -0.05) is 0 Å². The van der Waals surface area contributed by atoms with Gasteiger partial charge in [-0.3, -0.25) is 14.7 Å².